The van der Waals surface area contributed by atoms with Gasteiger partial charge in [0.1, 0.15) is 6.04 Å². The largest absolute Gasteiger partial charge is 0.418 e. The maximum Gasteiger partial charge on any atom is 0.247 e. The topological polar surface area (TPSA) is 79.9 Å². The second-order valence-corrected chi connectivity index (χ2v) is 6.73. The van der Waals surface area contributed by atoms with E-state index in [0.29, 0.717) is 40.0 Å². The lowest BCUT2D eigenvalue weighted by Gasteiger charge is -2.22. The van der Waals surface area contributed by atoms with Crippen LogP contribution in [0.1, 0.15) is 31.3 Å². The average molecular weight is 408 g/mol. The minimum atomic E-state index is -0.836. The Morgan fingerprint density at radius 1 is 1.14 bits per heavy atom. The maximum atomic E-state index is 10.3. The minimum Gasteiger partial charge on any atom is -0.418 e. The van der Waals surface area contributed by atoms with Crippen LogP contribution in [0.15, 0.2) is 40.8 Å². The molecule has 2 aromatic carbocycles. The second-order valence-electron chi connectivity index (χ2n) is 6.36. The molecule has 0 aliphatic rings. The van der Waals surface area contributed by atoms with Crippen LogP contribution in [0.4, 0.5) is 17.1 Å². The lowest BCUT2D eigenvalue weighted by molar-refractivity contribution is 0.159. The number of aliphatic hydroxyl groups excluding tert-OH is 1. The predicted octanol–water partition coefficient (Wildman–Crippen LogP) is 5.59. The van der Waals surface area contributed by atoms with Gasteiger partial charge in [-0.25, -0.2) is 9.69 Å². The molecule has 1 aromatic heterocycles. The van der Waals surface area contributed by atoms with E-state index in [0.717, 1.165) is 5.56 Å². The quantitative estimate of drug-likeness (QED) is 0.521. The van der Waals surface area contributed by atoms with Gasteiger partial charge < -0.3 is 14.8 Å². The average Bonchev–Trinajstić information content (AvgIpc) is 3.21. The fourth-order valence-electron chi connectivity index (χ4n) is 2.89. The molecule has 0 spiro atoms. The van der Waals surface area contributed by atoms with Crippen molar-refractivity contribution in [2.75, 3.05) is 5.32 Å². The number of rotatable bonds is 6. The molecule has 0 amide bonds. The monoisotopic (exact) mass is 407 g/mol. The molecule has 0 radical (unpaired) electrons. The molecule has 0 bridgehead atoms. The Hall–Kier alpha value is -3.39. The van der Waals surface area contributed by atoms with E-state index in [1.807, 2.05) is 6.92 Å². The zero-order valence-corrected chi connectivity index (χ0v) is 16.6. The number of nitrogens with zero attached hydrogens (tertiary/aromatic N) is 4. The summed E-state index contributed by atoms with van der Waals surface area (Å²) in [6.45, 7) is 17.8. The number of nitrogens with one attached hydrogen (secondary N) is 1. The van der Waals surface area contributed by atoms with Gasteiger partial charge in [-0.3, -0.25) is 0 Å². The number of aliphatic hydroxyl groups is 1. The van der Waals surface area contributed by atoms with Gasteiger partial charge in [0.15, 0.2) is 5.69 Å². The summed E-state index contributed by atoms with van der Waals surface area (Å²) in [4.78, 5) is 6.78. The van der Waals surface area contributed by atoms with Crippen molar-refractivity contribution in [3.63, 3.8) is 0 Å². The van der Waals surface area contributed by atoms with E-state index in [4.69, 9.17) is 29.2 Å². The lowest BCUT2D eigenvalue weighted by atomic mass is 10.1. The zero-order valence-electron chi connectivity index (χ0n) is 15.8. The van der Waals surface area contributed by atoms with E-state index in [-0.39, 0.29) is 5.89 Å². The van der Waals surface area contributed by atoms with E-state index >= 15 is 0 Å². The Balaban J connectivity index is 1.92. The lowest BCUT2D eigenvalue weighted by Crippen LogP contribution is -2.24. The van der Waals surface area contributed by atoms with Crippen LogP contribution in [0.2, 0.25) is 5.02 Å². The maximum absolute atomic E-state index is 10.3. The highest BCUT2D eigenvalue weighted by molar-refractivity contribution is 6.34. The highest BCUT2D eigenvalue weighted by Gasteiger charge is 2.25. The molecular formula is C21H18ClN5O2. The van der Waals surface area contributed by atoms with Gasteiger partial charge in [0.05, 0.1) is 24.3 Å². The first-order valence-corrected chi connectivity index (χ1v) is 9.31. The number of benzene rings is 2. The van der Waals surface area contributed by atoms with Gasteiger partial charge in [-0.15, -0.1) is 10.2 Å². The van der Waals surface area contributed by atoms with Gasteiger partial charge in [0.2, 0.25) is 17.5 Å². The van der Waals surface area contributed by atoms with E-state index in [1.54, 1.807) is 43.3 Å². The number of aromatic nitrogens is 2. The van der Waals surface area contributed by atoms with Crippen molar-refractivity contribution >= 4 is 28.7 Å². The van der Waals surface area contributed by atoms with Crippen molar-refractivity contribution in [2.24, 2.45) is 0 Å². The normalized spacial score (nSPS) is 12.6. The van der Waals surface area contributed by atoms with Crippen molar-refractivity contribution in [1.29, 1.82) is 0 Å². The van der Waals surface area contributed by atoms with Gasteiger partial charge in [-0.1, -0.05) is 48.9 Å². The van der Waals surface area contributed by atoms with Crippen LogP contribution < -0.4 is 5.32 Å². The summed E-state index contributed by atoms with van der Waals surface area (Å²) in [6.07, 6.45) is -0.226. The summed E-state index contributed by atoms with van der Waals surface area (Å²) in [5.41, 5.74) is 3.05. The Labute approximate surface area is 173 Å². The Morgan fingerprint density at radius 2 is 1.86 bits per heavy atom. The summed E-state index contributed by atoms with van der Waals surface area (Å²) >= 11 is 6.34. The molecule has 29 heavy (non-hydrogen) atoms. The van der Waals surface area contributed by atoms with Crippen molar-refractivity contribution in [3.05, 3.63) is 75.7 Å². The SMILES string of the molecule is [C-]#[N+]c1ccc(-c2nnc([C@H](Nc3ccc([N+]#[C-])c(Cl)c3CC)[C@@H](C)O)o2)cc1. The van der Waals surface area contributed by atoms with Crippen LogP contribution in [0.5, 0.6) is 0 Å². The molecule has 3 aromatic rings. The van der Waals surface area contributed by atoms with Crippen LogP contribution in [0.3, 0.4) is 0 Å². The molecule has 0 saturated heterocycles. The first-order valence-electron chi connectivity index (χ1n) is 8.93. The summed E-state index contributed by atoms with van der Waals surface area (Å²) in [6, 6.07) is 9.53. The van der Waals surface area contributed by atoms with Crippen LogP contribution in [0.25, 0.3) is 21.1 Å². The summed E-state index contributed by atoms with van der Waals surface area (Å²) in [5.74, 6) is 0.512. The fraction of sp³-hybridized carbons (Fsp3) is 0.238. The van der Waals surface area contributed by atoms with E-state index in [1.165, 1.54) is 0 Å². The van der Waals surface area contributed by atoms with Gasteiger partial charge in [-0.2, -0.15) is 0 Å². The molecule has 8 heteroatoms. The highest BCUT2D eigenvalue weighted by atomic mass is 35.5. The first-order chi connectivity index (χ1) is 14.0. The summed E-state index contributed by atoms with van der Waals surface area (Å²) in [5, 5.41) is 22.1. The molecule has 3 rings (SSSR count). The number of halogens is 1. The number of hydrogen-bond acceptors (Lipinski definition) is 5. The van der Waals surface area contributed by atoms with Gasteiger partial charge in [0.25, 0.3) is 0 Å². The number of hydrogen-bond donors (Lipinski definition) is 2. The third-order valence-corrected chi connectivity index (χ3v) is 4.86. The molecule has 0 aliphatic carbocycles. The first kappa shape index (κ1) is 20.3. The molecule has 0 unspecified atom stereocenters. The third kappa shape index (κ3) is 4.22. The molecular weight excluding hydrogens is 390 g/mol. The minimum absolute atomic E-state index is 0.219. The molecule has 7 nitrogen and oxygen atoms in total. The van der Waals surface area contributed by atoms with Crippen molar-refractivity contribution < 1.29 is 9.52 Å². The van der Waals surface area contributed by atoms with Crippen LogP contribution >= 0.6 is 11.6 Å². The zero-order chi connectivity index (χ0) is 21.0. The third-order valence-electron chi connectivity index (χ3n) is 4.44. The molecule has 2 atom stereocenters. The standard InChI is InChI=1S/C21H18ClN5O2/c1-5-15-16(10-11-17(24-4)18(15)22)25-19(12(2)28)21-27-26-20(29-21)13-6-8-14(23-3)9-7-13/h6-12,19,25,28H,5H2,1-2H3/t12-,19-/m1/s1. The van der Waals surface area contributed by atoms with Gasteiger partial charge in [-0.05, 0) is 25.0 Å². The van der Waals surface area contributed by atoms with Crippen molar-refractivity contribution in [2.45, 2.75) is 32.4 Å². The Morgan fingerprint density at radius 3 is 2.45 bits per heavy atom. The van der Waals surface area contributed by atoms with E-state index in [9.17, 15) is 5.11 Å². The van der Waals surface area contributed by atoms with Crippen LogP contribution in [-0.2, 0) is 6.42 Å². The highest BCUT2D eigenvalue weighted by Crippen LogP contribution is 2.36. The molecule has 1 heterocycles. The van der Waals surface area contributed by atoms with E-state index in [2.05, 4.69) is 25.2 Å². The van der Waals surface area contributed by atoms with E-state index < -0.39 is 12.1 Å². The fourth-order valence-corrected chi connectivity index (χ4v) is 3.23. The molecule has 0 fully saturated rings. The van der Waals surface area contributed by atoms with Crippen LogP contribution in [-0.4, -0.2) is 21.4 Å². The number of anilines is 1. The molecule has 0 aliphatic heterocycles. The van der Waals surface area contributed by atoms with Gasteiger partial charge >= 0.3 is 0 Å². The van der Waals surface area contributed by atoms with Crippen LogP contribution in [0, 0.1) is 13.1 Å². The van der Waals surface area contributed by atoms with Crippen molar-refractivity contribution in [1.82, 2.24) is 10.2 Å². The molecule has 0 saturated carbocycles. The molecule has 2 N–H and O–H groups in total. The second kappa shape index (κ2) is 8.74. The van der Waals surface area contributed by atoms with Gasteiger partial charge in [0, 0.05) is 11.3 Å². The summed E-state index contributed by atoms with van der Waals surface area (Å²) < 4.78 is 5.78. The predicted molar refractivity (Wildman–Crippen MR) is 111 cm³/mol. The smallest absolute Gasteiger partial charge is 0.247 e. The Bertz CT molecular complexity index is 1090. The Kier molecular flexibility index (Phi) is 6.13. The molecule has 146 valence electrons. The van der Waals surface area contributed by atoms with Crippen molar-refractivity contribution in [3.8, 4) is 11.5 Å². The summed E-state index contributed by atoms with van der Waals surface area (Å²) in [7, 11) is 0.